The molecule has 166 valence electrons. The summed E-state index contributed by atoms with van der Waals surface area (Å²) in [7, 11) is 0. The summed E-state index contributed by atoms with van der Waals surface area (Å²) in [6, 6.07) is 13.0. The number of hydrogen-bond acceptors (Lipinski definition) is 10. The highest BCUT2D eigenvalue weighted by atomic mass is 16.7. The van der Waals surface area contributed by atoms with Gasteiger partial charge in [0.25, 0.3) is 5.91 Å². The van der Waals surface area contributed by atoms with Crippen LogP contribution in [0.2, 0.25) is 0 Å². The van der Waals surface area contributed by atoms with E-state index in [-0.39, 0.29) is 24.1 Å². The van der Waals surface area contributed by atoms with E-state index in [0.29, 0.717) is 28.5 Å². The molecule has 0 spiro atoms. The number of amides is 1. The van der Waals surface area contributed by atoms with Crippen molar-refractivity contribution >= 4 is 17.4 Å². The van der Waals surface area contributed by atoms with E-state index < -0.39 is 5.91 Å². The Balaban J connectivity index is 1.53. The van der Waals surface area contributed by atoms with Gasteiger partial charge in [0.2, 0.25) is 18.4 Å². The van der Waals surface area contributed by atoms with Gasteiger partial charge in [0.05, 0.1) is 5.71 Å². The SMILES string of the molecule is C/C(=N/NC(=O)c1nnn(-c2nonc2N)c1-c1ccc2c(c1)OCO2)c1ccc(C)cc1. The van der Waals surface area contributed by atoms with Crippen LogP contribution in [0.1, 0.15) is 28.5 Å². The number of anilines is 1. The van der Waals surface area contributed by atoms with Crippen molar-refractivity contribution in [3.8, 4) is 28.6 Å². The quantitative estimate of drug-likeness (QED) is 0.346. The Hall–Kier alpha value is -4.74. The van der Waals surface area contributed by atoms with Gasteiger partial charge in [0.15, 0.2) is 17.2 Å². The Labute approximate surface area is 186 Å². The minimum atomic E-state index is -0.574. The minimum absolute atomic E-state index is 0.00304. The molecule has 12 nitrogen and oxygen atoms in total. The number of ether oxygens (including phenoxy) is 2. The van der Waals surface area contributed by atoms with Crippen LogP contribution in [0.15, 0.2) is 52.2 Å². The Kier molecular flexibility index (Phi) is 4.94. The Morgan fingerprint density at radius 1 is 1.12 bits per heavy atom. The molecule has 2 aromatic carbocycles. The van der Waals surface area contributed by atoms with Gasteiger partial charge >= 0.3 is 0 Å². The predicted octanol–water partition coefficient (Wildman–Crippen LogP) is 2.09. The molecule has 0 unspecified atom stereocenters. The van der Waals surface area contributed by atoms with E-state index in [1.54, 1.807) is 25.1 Å². The van der Waals surface area contributed by atoms with E-state index in [1.165, 1.54) is 4.68 Å². The molecule has 1 amide bonds. The van der Waals surface area contributed by atoms with Crippen molar-refractivity contribution < 1.29 is 18.9 Å². The summed E-state index contributed by atoms with van der Waals surface area (Å²) in [4.78, 5) is 13.0. The van der Waals surface area contributed by atoms with Crippen LogP contribution in [-0.2, 0) is 0 Å². The number of hydrogen-bond donors (Lipinski definition) is 2. The molecule has 3 N–H and O–H groups in total. The van der Waals surface area contributed by atoms with Crippen LogP contribution in [0.3, 0.4) is 0 Å². The maximum absolute atomic E-state index is 13.0. The van der Waals surface area contributed by atoms with Crippen LogP contribution in [0.25, 0.3) is 17.1 Å². The van der Waals surface area contributed by atoms with Crippen LogP contribution in [-0.4, -0.2) is 43.7 Å². The normalized spacial score (nSPS) is 12.7. The second-order valence-electron chi connectivity index (χ2n) is 7.24. The topological polar surface area (TPSA) is 156 Å². The number of benzene rings is 2. The second-order valence-corrected chi connectivity index (χ2v) is 7.24. The molecule has 0 saturated carbocycles. The number of fused-ring (bicyclic) bond motifs is 1. The van der Waals surface area contributed by atoms with Gasteiger partial charge in [0, 0.05) is 5.56 Å². The fraction of sp³-hybridized carbons (Fsp3) is 0.143. The lowest BCUT2D eigenvalue weighted by Gasteiger charge is -2.07. The van der Waals surface area contributed by atoms with Crippen LogP contribution >= 0.6 is 0 Å². The average molecular weight is 446 g/mol. The van der Waals surface area contributed by atoms with Crippen molar-refractivity contribution in [2.45, 2.75) is 13.8 Å². The molecule has 1 aliphatic rings. The van der Waals surface area contributed by atoms with E-state index in [1.807, 2.05) is 31.2 Å². The molecule has 0 radical (unpaired) electrons. The van der Waals surface area contributed by atoms with Gasteiger partial charge in [0.1, 0.15) is 5.69 Å². The third-order valence-electron chi connectivity index (χ3n) is 5.02. The van der Waals surface area contributed by atoms with Crippen LogP contribution in [0.5, 0.6) is 11.5 Å². The molecule has 3 heterocycles. The van der Waals surface area contributed by atoms with Crippen molar-refractivity contribution in [1.82, 2.24) is 30.7 Å². The Morgan fingerprint density at radius 3 is 2.67 bits per heavy atom. The smallest absolute Gasteiger partial charge is 0.294 e. The molecule has 33 heavy (non-hydrogen) atoms. The number of aromatic nitrogens is 5. The van der Waals surface area contributed by atoms with Crippen LogP contribution in [0.4, 0.5) is 5.82 Å². The van der Waals surface area contributed by atoms with Gasteiger partial charge in [-0.2, -0.15) is 9.78 Å². The summed E-state index contributed by atoms with van der Waals surface area (Å²) < 4.78 is 16.8. The minimum Gasteiger partial charge on any atom is -0.454 e. The number of nitrogens with one attached hydrogen (secondary N) is 1. The van der Waals surface area contributed by atoms with Gasteiger partial charge < -0.3 is 15.2 Å². The maximum atomic E-state index is 13.0. The highest BCUT2D eigenvalue weighted by Crippen LogP contribution is 2.37. The van der Waals surface area contributed by atoms with Crippen molar-refractivity contribution in [2.24, 2.45) is 5.10 Å². The molecule has 2 aromatic heterocycles. The third kappa shape index (κ3) is 3.73. The zero-order valence-electron chi connectivity index (χ0n) is 17.6. The molecule has 0 bridgehead atoms. The van der Waals surface area contributed by atoms with E-state index in [0.717, 1.165) is 11.1 Å². The lowest BCUT2D eigenvalue weighted by Crippen LogP contribution is -2.21. The van der Waals surface area contributed by atoms with Crippen LogP contribution in [0, 0.1) is 6.92 Å². The van der Waals surface area contributed by atoms with Gasteiger partial charge in [-0.25, -0.2) is 10.1 Å². The average Bonchev–Trinajstić information content (AvgIpc) is 3.56. The molecule has 1 aliphatic heterocycles. The van der Waals surface area contributed by atoms with Crippen LogP contribution < -0.4 is 20.6 Å². The summed E-state index contributed by atoms with van der Waals surface area (Å²) >= 11 is 0. The second kappa shape index (κ2) is 8.07. The monoisotopic (exact) mass is 446 g/mol. The zero-order chi connectivity index (χ0) is 22.9. The van der Waals surface area contributed by atoms with Crippen molar-refractivity contribution in [2.75, 3.05) is 12.5 Å². The number of rotatable bonds is 5. The lowest BCUT2D eigenvalue weighted by molar-refractivity contribution is 0.0950. The summed E-state index contributed by atoms with van der Waals surface area (Å²) in [6.07, 6.45) is 0. The first kappa shape index (κ1) is 20.2. The van der Waals surface area contributed by atoms with Crippen molar-refractivity contribution in [3.63, 3.8) is 0 Å². The standard InChI is InChI=1S/C21H18N8O4/c1-11-3-5-13(6-4-11)12(2)23-25-21(30)17-18(14-7-8-15-16(9-14)32-10-31-15)29(28-24-17)20-19(22)26-33-27-20/h3-9H,10H2,1-2H3,(H2,22,26)(H,25,30)/b23-12-. The summed E-state index contributed by atoms with van der Waals surface area (Å²) in [5, 5.41) is 19.6. The number of carbonyl (C=O) groups excluding carboxylic acids is 1. The number of hydrazone groups is 1. The van der Waals surface area contributed by atoms with Crippen molar-refractivity contribution in [3.05, 3.63) is 59.3 Å². The van der Waals surface area contributed by atoms with E-state index in [2.05, 4.69) is 35.8 Å². The molecule has 4 aromatic rings. The highest BCUT2D eigenvalue weighted by molar-refractivity contribution is 6.02. The van der Waals surface area contributed by atoms with Crippen molar-refractivity contribution in [1.29, 1.82) is 0 Å². The lowest BCUT2D eigenvalue weighted by atomic mass is 10.1. The number of nitrogens with two attached hydrogens (primary N) is 1. The van der Waals surface area contributed by atoms with Gasteiger partial charge in [-0.1, -0.05) is 35.0 Å². The molecule has 0 aliphatic carbocycles. The largest absolute Gasteiger partial charge is 0.454 e. The fourth-order valence-electron chi connectivity index (χ4n) is 3.27. The molecule has 0 saturated heterocycles. The van der Waals surface area contributed by atoms with E-state index >= 15 is 0 Å². The van der Waals surface area contributed by atoms with Gasteiger partial charge in [-0.15, -0.1) is 5.10 Å². The van der Waals surface area contributed by atoms with Gasteiger partial charge in [-0.3, -0.25) is 4.79 Å². The Bertz CT molecular complexity index is 1370. The zero-order valence-corrected chi connectivity index (χ0v) is 17.6. The number of nitrogen functional groups attached to an aromatic ring is 1. The highest BCUT2D eigenvalue weighted by Gasteiger charge is 2.26. The number of aryl methyl sites for hydroxylation is 1. The fourth-order valence-corrected chi connectivity index (χ4v) is 3.27. The maximum Gasteiger partial charge on any atom is 0.294 e. The first-order valence-corrected chi connectivity index (χ1v) is 9.87. The van der Waals surface area contributed by atoms with E-state index in [4.69, 9.17) is 15.2 Å². The number of carbonyl (C=O) groups is 1. The number of nitrogens with zero attached hydrogens (tertiary/aromatic N) is 6. The van der Waals surface area contributed by atoms with Gasteiger partial charge in [-0.05, 0) is 47.9 Å². The predicted molar refractivity (Wildman–Crippen MR) is 116 cm³/mol. The molecule has 5 rings (SSSR count). The molecule has 0 fully saturated rings. The molecule has 12 heteroatoms. The summed E-state index contributed by atoms with van der Waals surface area (Å²) in [5.74, 6) is 0.613. The Morgan fingerprint density at radius 2 is 1.91 bits per heavy atom. The van der Waals surface area contributed by atoms with E-state index in [9.17, 15) is 4.79 Å². The molecular formula is C21H18N8O4. The first-order valence-electron chi connectivity index (χ1n) is 9.87. The first-order chi connectivity index (χ1) is 16.0. The molecule has 0 atom stereocenters. The molecular weight excluding hydrogens is 428 g/mol. The summed E-state index contributed by atoms with van der Waals surface area (Å²) in [6.45, 7) is 3.90. The summed E-state index contributed by atoms with van der Waals surface area (Å²) in [5.41, 5.74) is 11.9. The third-order valence-corrected chi connectivity index (χ3v) is 5.02.